The van der Waals surface area contributed by atoms with Crippen LogP contribution in [0, 0.1) is 5.82 Å². The van der Waals surface area contributed by atoms with Gasteiger partial charge in [-0.2, -0.15) is 11.3 Å². The zero-order valence-electron chi connectivity index (χ0n) is 9.56. The first-order valence-corrected chi connectivity index (χ1v) is 6.26. The quantitative estimate of drug-likeness (QED) is 0.903. The molecule has 0 spiro atoms. The maximum atomic E-state index is 13.0. The van der Waals surface area contributed by atoms with Gasteiger partial charge in [0.25, 0.3) is 0 Å². The molecule has 1 aromatic carbocycles. The average Bonchev–Trinajstić information content (AvgIpc) is 2.81. The molecule has 0 fully saturated rings. The minimum Gasteiger partial charge on any atom is -0.392 e. The summed E-state index contributed by atoms with van der Waals surface area (Å²) in [6, 6.07) is 6.55. The van der Waals surface area contributed by atoms with Crippen LogP contribution in [0.3, 0.4) is 0 Å². The molecule has 0 amide bonds. The fourth-order valence-electron chi connectivity index (χ4n) is 1.79. The van der Waals surface area contributed by atoms with Crippen LogP contribution in [0.1, 0.15) is 11.1 Å². The van der Waals surface area contributed by atoms with E-state index in [0.717, 1.165) is 12.2 Å². The van der Waals surface area contributed by atoms with E-state index in [0.29, 0.717) is 5.56 Å². The Hall–Kier alpha value is -1.39. The van der Waals surface area contributed by atoms with Crippen LogP contribution >= 0.6 is 11.3 Å². The molecule has 0 bridgehead atoms. The van der Waals surface area contributed by atoms with Crippen LogP contribution in [0.2, 0.25) is 0 Å². The van der Waals surface area contributed by atoms with Crippen LogP contribution in [0.15, 0.2) is 35.0 Å². The standard InChI is InChI=1S/C13H14FNOS/c1-15(7-10-4-5-17-9-10)13-3-2-12(14)6-11(13)8-16/h2-6,9,16H,7-8H2,1H3. The lowest BCUT2D eigenvalue weighted by molar-refractivity contribution is 0.281. The van der Waals surface area contributed by atoms with Gasteiger partial charge in [-0.1, -0.05) is 0 Å². The van der Waals surface area contributed by atoms with Crippen molar-refractivity contribution >= 4 is 17.0 Å². The van der Waals surface area contributed by atoms with Crippen LogP contribution in [0.5, 0.6) is 0 Å². The molecule has 2 nitrogen and oxygen atoms in total. The molecular weight excluding hydrogens is 237 g/mol. The number of hydrogen-bond acceptors (Lipinski definition) is 3. The molecule has 2 aromatic rings. The molecule has 1 aromatic heterocycles. The first-order chi connectivity index (χ1) is 8.20. The monoisotopic (exact) mass is 251 g/mol. The van der Waals surface area contributed by atoms with Gasteiger partial charge in [0.15, 0.2) is 0 Å². The molecule has 1 heterocycles. The van der Waals surface area contributed by atoms with E-state index >= 15 is 0 Å². The summed E-state index contributed by atoms with van der Waals surface area (Å²) in [6.45, 7) is 0.600. The van der Waals surface area contributed by atoms with Crippen LogP contribution < -0.4 is 4.90 Å². The minimum atomic E-state index is -0.318. The zero-order valence-corrected chi connectivity index (χ0v) is 10.4. The number of thiophene rings is 1. The Morgan fingerprint density at radius 3 is 2.82 bits per heavy atom. The largest absolute Gasteiger partial charge is 0.392 e. The number of nitrogens with zero attached hydrogens (tertiary/aromatic N) is 1. The van der Waals surface area contributed by atoms with Crippen molar-refractivity contribution in [1.82, 2.24) is 0 Å². The maximum absolute atomic E-state index is 13.0. The number of hydrogen-bond donors (Lipinski definition) is 1. The summed E-state index contributed by atoms with van der Waals surface area (Å²) in [5, 5.41) is 13.3. The predicted molar refractivity (Wildman–Crippen MR) is 68.7 cm³/mol. The molecule has 0 saturated heterocycles. The Labute approximate surface area is 104 Å². The zero-order chi connectivity index (χ0) is 12.3. The Bertz CT molecular complexity index is 484. The molecule has 90 valence electrons. The van der Waals surface area contributed by atoms with Crippen molar-refractivity contribution in [3.8, 4) is 0 Å². The van der Waals surface area contributed by atoms with E-state index in [2.05, 4.69) is 11.4 Å². The van der Waals surface area contributed by atoms with E-state index in [1.165, 1.54) is 17.7 Å². The second-order valence-corrected chi connectivity index (χ2v) is 4.70. The normalized spacial score (nSPS) is 10.5. The fraction of sp³-hybridized carbons (Fsp3) is 0.231. The average molecular weight is 251 g/mol. The van der Waals surface area contributed by atoms with E-state index < -0.39 is 0 Å². The third kappa shape index (κ3) is 2.84. The highest BCUT2D eigenvalue weighted by Crippen LogP contribution is 2.22. The van der Waals surface area contributed by atoms with Gasteiger partial charge < -0.3 is 10.0 Å². The van der Waals surface area contributed by atoms with Gasteiger partial charge in [0, 0.05) is 24.8 Å². The molecule has 0 unspecified atom stereocenters. The molecule has 0 saturated carbocycles. The van der Waals surface area contributed by atoms with E-state index in [1.807, 2.05) is 17.3 Å². The molecule has 1 N–H and O–H groups in total. The molecule has 0 radical (unpaired) electrons. The Morgan fingerprint density at radius 2 is 2.18 bits per heavy atom. The van der Waals surface area contributed by atoms with Gasteiger partial charge in [0.05, 0.1) is 6.61 Å². The summed E-state index contributed by atoms with van der Waals surface area (Å²) < 4.78 is 13.0. The van der Waals surface area contributed by atoms with Gasteiger partial charge in [-0.15, -0.1) is 0 Å². The minimum absolute atomic E-state index is 0.152. The van der Waals surface area contributed by atoms with Gasteiger partial charge in [0.1, 0.15) is 5.82 Å². The number of anilines is 1. The number of rotatable bonds is 4. The van der Waals surface area contributed by atoms with E-state index in [1.54, 1.807) is 17.4 Å². The predicted octanol–water partition coefficient (Wildman–Crippen LogP) is 3.02. The number of halogens is 1. The first-order valence-electron chi connectivity index (χ1n) is 5.32. The number of benzene rings is 1. The molecule has 0 aliphatic carbocycles. The summed E-state index contributed by atoms with van der Waals surface area (Å²) in [5.74, 6) is -0.318. The van der Waals surface area contributed by atoms with Crippen molar-refractivity contribution in [3.63, 3.8) is 0 Å². The van der Waals surface area contributed by atoms with Crippen molar-refractivity contribution in [2.75, 3.05) is 11.9 Å². The van der Waals surface area contributed by atoms with E-state index in [4.69, 9.17) is 0 Å². The molecule has 0 atom stereocenters. The molecule has 0 aliphatic rings. The molecule has 0 aliphatic heterocycles. The van der Waals surface area contributed by atoms with Crippen LogP contribution in [0.4, 0.5) is 10.1 Å². The SMILES string of the molecule is CN(Cc1ccsc1)c1ccc(F)cc1CO. The van der Waals surface area contributed by atoms with Crippen LogP contribution in [0.25, 0.3) is 0 Å². The highest BCUT2D eigenvalue weighted by molar-refractivity contribution is 7.07. The summed E-state index contributed by atoms with van der Waals surface area (Å²) >= 11 is 1.65. The summed E-state index contributed by atoms with van der Waals surface area (Å²) in [4.78, 5) is 2.01. The first kappa shape index (κ1) is 12.1. The third-order valence-corrected chi connectivity index (χ3v) is 3.36. The third-order valence-electron chi connectivity index (χ3n) is 2.62. The van der Waals surface area contributed by atoms with Crippen molar-refractivity contribution in [3.05, 3.63) is 52.0 Å². The molecule has 4 heteroatoms. The van der Waals surface area contributed by atoms with Crippen molar-refractivity contribution < 1.29 is 9.50 Å². The lowest BCUT2D eigenvalue weighted by Crippen LogP contribution is -2.17. The van der Waals surface area contributed by atoms with Crippen molar-refractivity contribution in [2.45, 2.75) is 13.2 Å². The summed E-state index contributed by atoms with van der Waals surface area (Å²) in [7, 11) is 1.93. The molecular formula is C13H14FNOS. The smallest absolute Gasteiger partial charge is 0.123 e. The highest BCUT2D eigenvalue weighted by Gasteiger charge is 2.08. The Kier molecular flexibility index (Phi) is 3.76. The van der Waals surface area contributed by atoms with Gasteiger partial charge in [-0.3, -0.25) is 0 Å². The van der Waals surface area contributed by atoms with Gasteiger partial charge in [-0.05, 0) is 40.6 Å². The lowest BCUT2D eigenvalue weighted by Gasteiger charge is -2.21. The second-order valence-electron chi connectivity index (χ2n) is 3.92. The Balaban J connectivity index is 2.21. The topological polar surface area (TPSA) is 23.5 Å². The number of aliphatic hydroxyl groups is 1. The summed E-state index contributed by atoms with van der Waals surface area (Å²) in [5.41, 5.74) is 2.69. The molecule has 2 rings (SSSR count). The van der Waals surface area contributed by atoms with Crippen molar-refractivity contribution in [2.24, 2.45) is 0 Å². The van der Waals surface area contributed by atoms with Gasteiger partial charge in [0.2, 0.25) is 0 Å². The highest BCUT2D eigenvalue weighted by atomic mass is 32.1. The van der Waals surface area contributed by atoms with E-state index in [9.17, 15) is 9.50 Å². The molecule has 17 heavy (non-hydrogen) atoms. The maximum Gasteiger partial charge on any atom is 0.123 e. The fourth-order valence-corrected chi connectivity index (χ4v) is 2.45. The second kappa shape index (κ2) is 5.29. The van der Waals surface area contributed by atoms with Gasteiger partial charge in [-0.25, -0.2) is 4.39 Å². The lowest BCUT2D eigenvalue weighted by atomic mass is 10.1. The van der Waals surface area contributed by atoms with Crippen molar-refractivity contribution in [1.29, 1.82) is 0 Å². The van der Waals surface area contributed by atoms with Gasteiger partial charge >= 0.3 is 0 Å². The number of aliphatic hydroxyl groups excluding tert-OH is 1. The van der Waals surface area contributed by atoms with Crippen LogP contribution in [-0.2, 0) is 13.2 Å². The Morgan fingerprint density at radius 1 is 1.35 bits per heavy atom. The summed E-state index contributed by atoms with van der Waals surface area (Å²) in [6.07, 6.45) is 0. The van der Waals surface area contributed by atoms with E-state index in [-0.39, 0.29) is 12.4 Å². The van der Waals surface area contributed by atoms with Crippen LogP contribution in [-0.4, -0.2) is 12.2 Å².